The molecule has 0 aliphatic rings. The van der Waals surface area contributed by atoms with Crippen molar-refractivity contribution in [1.29, 1.82) is 0 Å². The van der Waals surface area contributed by atoms with E-state index in [4.69, 9.17) is 4.52 Å². The van der Waals surface area contributed by atoms with E-state index in [9.17, 15) is 13.2 Å². The van der Waals surface area contributed by atoms with E-state index in [0.29, 0.717) is 11.5 Å². The summed E-state index contributed by atoms with van der Waals surface area (Å²) in [7, 11) is 1.62. The van der Waals surface area contributed by atoms with Gasteiger partial charge in [0.2, 0.25) is 0 Å². The highest BCUT2D eigenvalue weighted by atomic mass is 19.4. The molecule has 0 radical (unpaired) electrons. The third-order valence-corrected chi connectivity index (χ3v) is 3.11. The third-order valence-electron chi connectivity index (χ3n) is 3.11. The van der Waals surface area contributed by atoms with Gasteiger partial charge in [-0.2, -0.15) is 13.2 Å². The zero-order valence-electron chi connectivity index (χ0n) is 11.8. The van der Waals surface area contributed by atoms with Crippen LogP contribution < -0.4 is 0 Å². The summed E-state index contributed by atoms with van der Waals surface area (Å²) in [5.74, 6) is -0.858. The van der Waals surface area contributed by atoms with E-state index in [-0.39, 0.29) is 13.1 Å². The van der Waals surface area contributed by atoms with Crippen molar-refractivity contribution in [3.8, 4) is 11.3 Å². The van der Waals surface area contributed by atoms with Crippen molar-refractivity contribution < 1.29 is 17.7 Å². The van der Waals surface area contributed by atoms with Gasteiger partial charge in [0.05, 0.1) is 12.5 Å². The van der Waals surface area contributed by atoms with E-state index in [2.05, 4.69) is 10.1 Å². The molecule has 7 heteroatoms. The number of halogens is 3. The predicted octanol–water partition coefficient (Wildman–Crippen LogP) is 3.37. The Kier molecular flexibility index (Phi) is 4.62. The average Bonchev–Trinajstić information content (AvgIpc) is 2.87. The lowest BCUT2D eigenvalue weighted by molar-refractivity contribution is -0.173. The second-order valence-electron chi connectivity index (χ2n) is 5.05. The fourth-order valence-corrected chi connectivity index (χ4v) is 1.95. The molecule has 0 bridgehead atoms. The predicted molar refractivity (Wildman–Crippen MR) is 71.3 cm³/mol. The number of nitrogens with zero attached hydrogens (tertiary/aromatic N) is 3. The quantitative estimate of drug-likeness (QED) is 0.849. The number of hydrogen-bond donors (Lipinski definition) is 0. The summed E-state index contributed by atoms with van der Waals surface area (Å²) in [5, 5.41) is 3.92. The van der Waals surface area contributed by atoms with Crippen LogP contribution in [0.5, 0.6) is 0 Å². The SMILES string of the molecule is C[C@H](CN(C)Cc1cc(-c2ccncc2)no1)C(F)(F)F. The highest BCUT2D eigenvalue weighted by Gasteiger charge is 2.36. The van der Waals surface area contributed by atoms with Crippen molar-refractivity contribution in [3.05, 3.63) is 36.4 Å². The Morgan fingerprint density at radius 1 is 1.29 bits per heavy atom. The molecule has 0 unspecified atom stereocenters. The molecule has 2 rings (SSSR count). The zero-order chi connectivity index (χ0) is 15.5. The van der Waals surface area contributed by atoms with Gasteiger partial charge in [-0.15, -0.1) is 0 Å². The van der Waals surface area contributed by atoms with Crippen LogP contribution in [0.4, 0.5) is 13.2 Å². The number of rotatable bonds is 5. The number of hydrogen-bond acceptors (Lipinski definition) is 4. The lowest BCUT2D eigenvalue weighted by Gasteiger charge is -2.21. The van der Waals surface area contributed by atoms with E-state index < -0.39 is 12.1 Å². The minimum Gasteiger partial charge on any atom is -0.359 e. The number of alkyl halides is 3. The molecular formula is C14H16F3N3O. The maximum absolute atomic E-state index is 12.5. The molecule has 0 amide bonds. The first kappa shape index (κ1) is 15.5. The summed E-state index contributed by atoms with van der Waals surface area (Å²) in [5.41, 5.74) is 1.50. The van der Waals surface area contributed by atoms with Crippen LogP contribution in [-0.4, -0.2) is 34.8 Å². The molecule has 1 atom stereocenters. The minimum absolute atomic E-state index is 0.0885. The molecule has 21 heavy (non-hydrogen) atoms. The zero-order valence-corrected chi connectivity index (χ0v) is 11.8. The highest BCUT2D eigenvalue weighted by molar-refractivity contribution is 5.57. The molecule has 114 valence electrons. The van der Waals surface area contributed by atoms with E-state index in [0.717, 1.165) is 5.56 Å². The van der Waals surface area contributed by atoms with Gasteiger partial charge in [0, 0.05) is 30.6 Å². The second-order valence-corrected chi connectivity index (χ2v) is 5.05. The van der Waals surface area contributed by atoms with Gasteiger partial charge in [0.15, 0.2) is 5.76 Å². The lowest BCUT2D eigenvalue weighted by Crippen LogP contribution is -2.32. The highest BCUT2D eigenvalue weighted by Crippen LogP contribution is 2.26. The molecule has 2 aromatic rings. The molecule has 0 aromatic carbocycles. The Morgan fingerprint density at radius 3 is 2.57 bits per heavy atom. The van der Waals surface area contributed by atoms with Crippen LogP contribution in [0.3, 0.4) is 0 Å². The van der Waals surface area contributed by atoms with Gasteiger partial charge in [-0.3, -0.25) is 9.88 Å². The van der Waals surface area contributed by atoms with Gasteiger partial charge in [0.1, 0.15) is 5.69 Å². The smallest absolute Gasteiger partial charge is 0.359 e. The van der Waals surface area contributed by atoms with Crippen LogP contribution in [-0.2, 0) is 6.54 Å². The largest absolute Gasteiger partial charge is 0.392 e. The standard InChI is InChI=1S/C14H16F3N3O/c1-10(14(15,16)17)8-20(2)9-12-7-13(19-21-12)11-3-5-18-6-4-11/h3-7,10H,8-9H2,1-2H3/t10-/m1/s1. The summed E-state index contributed by atoms with van der Waals surface area (Å²) in [6.45, 7) is 1.35. The fraction of sp³-hybridized carbons (Fsp3) is 0.429. The topological polar surface area (TPSA) is 42.2 Å². The molecule has 2 aromatic heterocycles. The maximum atomic E-state index is 12.5. The van der Waals surface area contributed by atoms with Crippen molar-refractivity contribution in [2.45, 2.75) is 19.6 Å². The molecule has 0 N–H and O–H groups in total. The van der Waals surface area contributed by atoms with E-state index in [1.807, 2.05) is 0 Å². The van der Waals surface area contributed by atoms with Crippen LogP contribution in [0.1, 0.15) is 12.7 Å². The minimum atomic E-state index is -4.18. The first-order valence-electron chi connectivity index (χ1n) is 6.47. The Bertz CT molecular complexity index is 568. The first-order valence-corrected chi connectivity index (χ1v) is 6.47. The second kappa shape index (κ2) is 6.26. The number of pyridine rings is 1. The van der Waals surface area contributed by atoms with Gasteiger partial charge in [0.25, 0.3) is 0 Å². The molecule has 0 spiro atoms. The first-order chi connectivity index (χ1) is 9.86. The van der Waals surface area contributed by atoms with Gasteiger partial charge in [-0.25, -0.2) is 0 Å². The summed E-state index contributed by atoms with van der Waals surface area (Å²) in [4.78, 5) is 5.47. The molecule has 4 nitrogen and oxygen atoms in total. The number of aromatic nitrogens is 2. The van der Waals surface area contributed by atoms with Gasteiger partial charge < -0.3 is 4.52 Å². The van der Waals surface area contributed by atoms with Crippen molar-refractivity contribution in [2.75, 3.05) is 13.6 Å². The normalized spacial score (nSPS) is 13.6. The van der Waals surface area contributed by atoms with Crippen LogP contribution >= 0.6 is 0 Å². The molecule has 0 fully saturated rings. The molecular weight excluding hydrogens is 283 g/mol. The fourth-order valence-electron chi connectivity index (χ4n) is 1.95. The molecule has 2 heterocycles. The summed E-state index contributed by atoms with van der Waals surface area (Å²) in [6.07, 6.45) is -0.903. The van der Waals surface area contributed by atoms with Crippen LogP contribution in [0, 0.1) is 5.92 Å². The van der Waals surface area contributed by atoms with Gasteiger partial charge in [-0.1, -0.05) is 12.1 Å². The molecule has 0 saturated heterocycles. The van der Waals surface area contributed by atoms with E-state index in [1.165, 1.54) is 6.92 Å². The summed E-state index contributed by atoms with van der Waals surface area (Å²) < 4.78 is 42.7. The van der Waals surface area contributed by atoms with Crippen molar-refractivity contribution >= 4 is 0 Å². The van der Waals surface area contributed by atoms with Gasteiger partial charge in [-0.05, 0) is 19.2 Å². The molecule has 0 aliphatic carbocycles. The van der Waals surface area contributed by atoms with Gasteiger partial charge >= 0.3 is 6.18 Å². The maximum Gasteiger partial charge on any atom is 0.392 e. The van der Waals surface area contributed by atoms with Crippen LogP contribution in [0.2, 0.25) is 0 Å². The third kappa shape index (κ3) is 4.29. The molecule has 0 aliphatic heterocycles. The van der Waals surface area contributed by atoms with Crippen LogP contribution in [0.25, 0.3) is 11.3 Å². The molecule has 0 saturated carbocycles. The average molecular weight is 299 g/mol. The van der Waals surface area contributed by atoms with E-state index in [1.54, 1.807) is 42.5 Å². The van der Waals surface area contributed by atoms with Crippen molar-refractivity contribution in [1.82, 2.24) is 15.0 Å². The van der Waals surface area contributed by atoms with E-state index >= 15 is 0 Å². The Morgan fingerprint density at radius 2 is 1.95 bits per heavy atom. The lowest BCUT2D eigenvalue weighted by atomic mass is 10.1. The van der Waals surface area contributed by atoms with Crippen molar-refractivity contribution in [3.63, 3.8) is 0 Å². The Labute approximate surface area is 120 Å². The summed E-state index contributed by atoms with van der Waals surface area (Å²) >= 11 is 0. The summed E-state index contributed by atoms with van der Waals surface area (Å²) in [6, 6.07) is 5.30. The Balaban J connectivity index is 1.97. The monoisotopic (exact) mass is 299 g/mol. The van der Waals surface area contributed by atoms with Crippen LogP contribution in [0.15, 0.2) is 35.1 Å². The Hall–Kier alpha value is -1.89. The van der Waals surface area contributed by atoms with Crippen molar-refractivity contribution in [2.24, 2.45) is 5.92 Å².